The first kappa shape index (κ1) is 22.1. The van der Waals surface area contributed by atoms with Gasteiger partial charge >= 0.3 is 12.1 Å². The summed E-state index contributed by atoms with van der Waals surface area (Å²) in [5, 5.41) is 7.22. The Morgan fingerprint density at radius 3 is 1.47 bits per heavy atom. The lowest BCUT2D eigenvalue weighted by atomic mass is 10.1. The Morgan fingerprint density at radius 1 is 0.719 bits per heavy atom. The molecule has 0 fully saturated rings. The lowest BCUT2D eigenvalue weighted by Gasteiger charge is -2.11. The number of nitrogen functional groups attached to an aromatic ring is 2. The highest BCUT2D eigenvalue weighted by molar-refractivity contribution is 6.03. The zero-order valence-electron chi connectivity index (χ0n) is 17.6. The van der Waals surface area contributed by atoms with Crippen molar-refractivity contribution in [2.75, 3.05) is 22.1 Å². The molecule has 0 aliphatic rings. The van der Waals surface area contributed by atoms with E-state index in [0.717, 1.165) is 33.2 Å². The molecule has 0 spiro atoms. The molecule has 0 aliphatic carbocycles. The normalized spacial score (nSPS) is 10.3. The molecule has 10 N–H and O–H groups in total. The van der Waals surface area contributed by atoms with Gasteiger partial charge in [-0.25, -0.2) is 9.59 Å². The summed E-state index contributed by atoms with van der Waals surface area (Å²) in [7, 11) is 0. The molecular formula is C22H24N8O2. The van der Waals surface area contributed by atoms with E-state index in [1.165, 1.54) is 0 Å². The van der Waals surface area contributed by atoms with E-state index in [0.29, 0.717) is 22.7 Å². The lowest BCUT2D eigenvalue weighted by Crippen LogP contribution is -2.19. The number of urea groups is 2. The van der Waals surface area contributed by atoms with Gasteiger partial charge in [0.15, 0.2) is 0 Å². The molecule has 10 heteroatoms. The van der Waals surface area contributed by atoms with Crippen LogP contribution < -0.4 is 33.6 Å². The maximum absolute atomic E-state index is 12.4. The molecule has 2 aromatic carbocycles. The Hall–Kier alpha value is -4.60. The average molecular weight is 432 g/mol. The topological polar surface area (TPSA) is 188 Å². The van der Waals surface area contributed by atoms with Gasteiger partial charge in [-0.2, -0.15) is 0 Å². The Bertz CT molecular complexity index is 1240. The van der Waals surface area contributed by atoms with E-state index in [9.17, 15) is 4.79 Å². The van der Waals surface area contributed by atoms with Gasteiger partial charge < -0.3 is 33.6 Å². The molecule has 0 saturated heterocycles. The fourth-order valence-electron chi connectivity index (χ4n) is 3.23. The molecule has 0 unspecified atom stereocenters. The molecule has 2 aromatic heterocycles. The van der Waals surface area contributed by atoms with Crippen molar-refractivity contribution in [3.8, 4) is 0 Å². The molecule has 2 heterocycles. The maximum atomic E-state index is 12.4. The number of anilines is 4. The number of amides is 4. The maximum Gasteiger partial charge on any atom is 0.323 e. The fraction of sp³-hybridized carbons (Fsp3) is 0.0909. The largest absolute Gasteiger partial charge is 0.398 e. The summed E-state index contributed by atoms with van der Waals surface area (Å²) in [6, 6.07) is 13.3. The zero-order chi connectivity index (χ0) is 23.4. The van der Waals surface area contributed by atoms with E-state index < -0.39 is 6.03 Å². The number of aryl methyl sites for hydroxylation is 2. The van der Waals surface area contributed by atoms with Gasteiger partial charge in [0.2, 0.25) is 0 Å². The van der Waals surface area contributed by atoms with Crippen molar-refractivity contribution in [2.24, 2.45) is 11.5 Å². The average Bonchev–Trinajstić information content (AvgIpc) is 2.68. The second kappa shape index (κ2) is 9.04. The molecule has 4 rings (SSSR count). The molecule has 0 radical (unpaired) electrons. The van der Waals surface area contributed by atoms with Gasteiger partial charge in [0.25, 0.3) is 0 Å². The number of hydrogen-bond donors (Lipinski definition) is 6. The number of pyridine rings is 2. The van der Waals surface area contributed by atoms with Crippen LogP contribution in [-0.2, 0) is 0 Å². The van der Waals surface area contributed by atoms with E-state index in [2.05, 4.69) is 32.1 Å². The second-order valence-corrected chi connectivity index (χ2v) is 7.15. The van der Waals surface area contributed by atoms with Crippen molar-refractivity contribution < 1.29 is 9.59 Å². The molecule has 0 aliphatic heterocycles. The van der Waals surface area contributed by atoms with Crippen molar-refractivity contribution in [2.45, 2.75) is 13.8 Å². The Morgan fingerprint density at radius 2 is 1.09 bits per heavy atom. The van der Waals surface area contributed by atoms with E-state index >= 15 is 0 Å². The van der Waals surface area contributed by atoms with Crippen LogP contribution in [0.5, 0.6) is 0 Å². The first-order chi connectivity index (χ1) is 15.1. The summed E-state index contributed by atoms with van der Waals surface area (Å²) in [6.45, 7) is 3.78. The van der Waals surface area contributed by atoms with E-state index in [1.807, 2.05) is 38.1 Å². The summed E-state index contributed by atoms with van der Waals surface area (Å²) in [4.78, 5) is 30.3. The minimum absolute atomic E-state index is 0.365. The summed E-state index contributed by atoms with van der Waals surface area (Å²) in [5.74, 6) is 0. The monoisotopic (exact) mass is 432 g/mol. The minimum Gasteiger partial charge on any atom is -0.398 e. The highest BCUT2D eigenvalue weighted by Gasteiger charge is 2.08. The van der Waals surface area contributed by atoms with Gasteiger partial charge in [0.1, 0.15) is 0 Å². The highest BCUT2D eigenvalue weighted by Crippen LogP contribution is 2.26. The molecular weight excluding hydrogens is 408 g/mol. The molecule has 164 valence electrons. The number of nitrogens with zero attached hydrogens (tertiary/aromatic N) is 2. The number of carbonyl (C=O) groups is 2. The van der Waals surface area contributed by atoms with Crippen LogP contribution >= 0.6 is 0 Å². The van der Waals surface area contributed by atoms with E-state index in [-0.39, 0.29) is 6.03 Å². The summed E-state index contributed by atoms with van der Waals surface area (Å²) < 4.78 is 0. The number of nitrogens with two attached hydrogens (primary N) is 4. The predicted octanol–water partition coefficient (Wildman–Crippen LogP) is 3.23. The third-order valence-corrected chi connectivity index (χ3v) is 4.45. The lowest BCUT2D eigenvalue weighted by molar-refractivity contribution is 0.256. The molecule has 0 bridgehead atoms. The first-order valence-electron chi connectivity index (χ1n) is 9.59. The van der Waals surface area contributed by atoms with Gasteiger partial charge in [-0.1, -0.05) is 0 Å². The van der Waals surface area contributed by atoms with Gasteiger partial charge in [0, 0.05) is 44.9 Å². The Kier molecular flexibility index (Phi) is 6.24. The van der Waals surface area contributed by atoms with Crippen LogP contribution in [0.15, 0.2) is 48.5 Å². The number of fused-ring (bicyclic) bond motifs is 2. The SMILES string of the molecule is Cc1cc(N)c2cc(NC(=O)Nc3ccc4nc(C)cc(N)c4c3)ccc2n1.NC(N)=O. The van der Waals surface area contributed by atoms with Gasteiger partial charge in [0.05, 0.1) is 11.0 Å². The Balaban J connectivity index is 0.000000668. The summed E-state index contributed by atoms with van der Waals surface area (Å²) >= 11 is 0. The molecule has 10 nitrogen and oxygen atoms in total. The first-order valence-corrected chi connectivity index (χ1v) is 9.59. The van der Waals surface area contributed by atoms with Crippen molar-refractivity contribution in [1.82, 2.24) is 9.97 Å². The highest BCUT2D eigenvalue weighted by atomic mass is 16.2. The van der Waals surface area contributed by atoms with Gasteiger partial charge in [-0.05, 0) is 62.4 Å². The number of rotatable bonds is 2. The third-order valence-electron chi connectivity index (χ3n) is 4.45. The summed E-state index contributed by atoms with van der Waals surface area (Å²) in [5.41, 5.74) is 26.4. The van der Waals surface area contributed by atoms with Crippen LogP contribution in [0.3, 0.4) is 0 Å². The van der Waals surface area contributed by atoms with Crippen LogP contribution in [0, 0.1) is 13.8 Å². The van der Waals surface area contributed by atoms with Crippen LogP contribution in [0.4, 0.5) is 32.3 Å². The molecule has 32 heavy (non-hydrogen) atoms. The smallest absolute Gasteiger partial charge is 0.323 e. The number of aromatic nitrogens is 2. The number of primary amides is 2. The number of nitrogens with one attached hydrogen (secondary N) is 2. The van der Waals surface area contributed by atoms with Crippen molar-refractivity contribution in [3.63, 3.8) is 0 Å². The van der Waals surface area contributed by atoms with Crippen LogP contribution in [0.2, 0.25) is 0 Å². The van der Waals surface area contributed by atoms with Crippen molar-refractivity contribution >= 4 is 56.6 Å². The van der Waals surface area contributed by atoms with Crippen LogP contribution in [0.25, 0.3) is 21.8 Å². The minimum atomic E-state index is -0.833. The number of carbonyl (C=O) groups excluding carboxylic acids is 2. The van der Waals surface area contributed by atoms with Crippen molar-refractivity contribution in [1.29, 1.82) is 0 Å². The van der Waals surface area contributed by atoms with Crippen LogP contribution in [0.1, 0.15) is 11.4 Å². The zero-order valence-corrected chi connectivity index (χ0v) is 17.6. The van der Waals surface area contributed by atoms with Gasteiger partial charge in [-0.3, -0.25) is 9.97 Å². The van der Waals surface area contributed by atoms with E-state index in [4.69, 9.17) is 16.3 Å². The number of benzene rings is 2. The van der Waals surface area contributed by atoms with E-state index in [1.54, 1.807) is 24.3 Å². The quantitative estimate of drug-likeness (QED) is 0.282. The molecule has 0 atom stereocenters. The van der Waals surface area contributed by atoms with Gasteiger partial charge in [-0.15, -0.1) is 0 Å². The third kappa shape index (κ3) is 5.30. The number of hydrogen-bond acceptors (Lipinski definition) is 6. The Labute approximate surface area is 184 Å². The fourth-order valence-corrected chi connectivity index (χ4v) is 3.23. The molecule has 0 saturated carbocycles. The summed E-state index contributed by atoms with van der Waals surface area (Å²) in [6.07, 6.45) is 0. The van der Waals surface area contributed by atoms with Crippen LogP contribution in [-0.4, -0.2) is 22.0 Å². The molecule has 4 aromatic rings. The van der Waals surface area contributed by atoms with Crippen molar-refractivity contribution in [3.05, 3.63) is 59.9 Å². The molecule has 4 amide bonds. The standard InChI is InChI=1S/C21H20N6O.CH4N2O/c1-11-7-17(22)15-9-13(3-5-19(15)24-11)26-21(28)27-14-4-6-20-16(10-14)18(23)8-12(2)25-20;2-1(3)4/h3-10H,1-2H3,(H2,22,24)(H2,23,25)(H2,26,27,28);(H4,2,3,4). The second-order valence-electron chi connectivity index (χ2n) is 7.15. The predicted molar refractivity (Wildman–Crippen MR) is 128 cm³/mol.